The number of hydrogen-bond acceptors (Lipinski definition) is 10. The van der Waals surface area contributed by atoms with Gasteiger partial charge in [0.1, 0.15) is 12.6 Å². The molecule has 4 atom stereocenters. The number of aliphatic hydroxyl groups excluding tert-OH is 1. The second-order valence-corrected chi connectivity index (χ2v) is 17.0. The summed E-state index contributed by atoms with van der Waals surface area (Å²) >= 11 is 1.20. The fourth-order valence-electron chi connectivity index (χ4n) is 5.55. The molecule has 0 saturated heterocycles. The Morgan fingerprint density at radius 1 is 0.695 bits per heavy atom. The summed E-state index contributed by atoms with van der Waals surface area (Å²) in [5.74, 6) is -2.36. The van der Waals surface area contributed by atoms with Gasteiger partial charge in [-0.3, -0.25) is 18.9 Å². The molecule has 0 radical (unpaired) electrons. The zero-order valence-corrected chi connectivity index (χ0v) is 37.5. The molecule has 0 spiro atoms. The van der Waals surface area contributed by atoms with E-state index in [4.69, 9.17) is 20.3 Å². The Balaban J connectivity index is 4.85. The van der Waals surface area contributed by atoms with Gasteiger partial charge in [-0.2, -0.15) is 0 Å². The molecule has 0 aromatic heterocycles. The van der Waals surface area contributed by atoms with E-state index in [9.17, 15) is 33.8 Å². The van der Waals surface area contributed by atoms with Gasteiger partial charge in [0.05, 0.1) is 12.7 Å². The van der Waals surface area contributed by atoms with Gasteiger partial charge in [-0.15, -0.1) is 11.8 Å². The van der Waals surface area contributed by atoms with Crippen molar-refractivity contribution in [2.75, 3.05) is 19.0 Å². The SMILES string of the molecule is CCCCC/C=C\C\C=C/C=C/C=C/[C@@H](SC[C@H](N)C(=O)OC[C@H](COP(=O)(O)O)OC(=O)CCCCCCCC/C=C\C/C=C\CCCCC)[C@@H](O)CCCC(=O)O. The lowest BCUT2D eigenvalue weighted by atomic mass is 10.1. The predicted octanol–water partition coefficient (Wildman–Crippen LogP) is 9.99. The minimum absolute atomic E-state index is 0.0367. The predicted molar refractivity (Wildman–Crippen MR) is 240 cm³/mol. The summed E-state index contributed by atoms with van der Waals surface area (Å²) in [6.07, 6.45) is 40.9. The van der Waals surface area contributed by atoms with Crippen molar-refractivity contribution >= 4 is 37.5 Å². The first-order valence-corrected chi connectivity index (χ1v) is 24.3. The highest BCUT2D eigenvalue weighted by Gasteiger charge is 2.26. The Hall–Kier alpha value is -2.77. The zero-order chi connectivity index (χ0) is 43.8. The molecule has 0 rings (SSSR count). The van der Waals surface area contributed by atoms with Gasteiger partial charge in [0.2, 0.25) is 0 Å². The number of carbonyl (C=O) groups is 3. The third-order valence-corrected chi connectivity index (χ3v) is 10.8. The number of allylic oxidation sites excluding steroid dienone is 11. The van der Waals surface area contributed by atoms with E-state index in [2.05, 4.69) is 54.8 Å². The Morgan fingerprint density at radius 2 is 1.25 bits per heavy atom. The molecule has 0 unspecified atom stereocenters. The molecule has 0 bridgehead atoms. The van der Waals surface area contributed by atoms with Crippen molar-refractivity contribution in [2.45, 2.75) is 172 Å². The zero-order valence-electron chi connectivity index (χ0n) is 35.8. The molecule has 0 aliphatic carbocycles. The number of thioether (sulfide) groups is 1. The minimum atomic E-state index is -4.90. The molecule has 59 heavy (non-hydrogen) atoms. The number of unbranched alkanes of at least 4 members (excludes halogenated alkanes) is 12. The highest BCUT2D eigenvalue weighted by molar-refractivity contribution is 8.00. The number of ether oxygens (including phenoxy) is 2. The number of rotatable bonds is 39. The molecule has 0 aromatic rings. The lowest BCUT2D eigenvalue weighted by molar-refractivity contribution is -0.161. The summed E-state index contributed by atoms with van der Waals surface area (Å²) in [7, 11) is -4.90. The van der Waals surface area contributed by atoms with Crippen molar-refractivity contribution in [1.82, 2.24) is 0 Å². The first-order valence-electron chi connectivity index (χ1n) is 21.7. The standard InChI is InChI=1S/C45H76NO11PS/c1-3-5-7-9-11-13-15-17-18-19-20-22-24-26-28-30-35-44(50)57-39(37-56-58(52,53)54)36-55-45(51)40(46)38-59-42(41(47)32-31-34-43(48)49)33-29-27-25-23-21-16-14-12-10-8-6-4-2/h11-14,17-18,21,23,25,27,29,33,39-42,47H,3-10,15-16,19-20,22,24,26,28,30-32,34-38,46H2,1-2H3,(H,48,49)(H2,52,53,54)/b13-11-,14-12-,18-17-,23-21-,27-25+,33-29+/t39-,40+,41+,42-/m1/s1. The summed E-state index contributed by atoms with van der Waals surface area (Å²) in [6.45, 7) is 3.17. The van der Waals surface area contributed by atoms with Crippen LogP contribution in [-0.4, -0.2) is 80.4 Å². The van der Waals surface area contributed by atoms with Crippen LogP contribution in [0.2, 0.25) is 0 Å². The van der Waals surface area contributed by atoms with E-state index in [-0.39, 0.29) is 31.4 Å². The van der Waals surface area contributed by atoms with Crippen LogP contribution in [0.25, 0.3) is 0 Å². The summed E-state index contributed by atoms with van der Waals surface area (Å²) in [5.41, 5.74) is 6.10. The molecule has 338 valence electrons. The van der Waals surface area contributed by atoms with Crippen LogP contribution in [0.15, 0.2) is 72.9 Å². The molecule has 0 aromatic carbocycles. The van der Waals surface area contributed by atoms with Gasteiger partial charge in [-0.25, -0.2) is 4.57 Å². The second-order valence-electron chi connectivity index (χ2n) is 14.5. The summed E-state index contributed by atoms with van der Waals surface area (Å²) in [4.78, 5) is 54.7. The number of phosphoric ester groups is 1. The molecule has 0 amide bonds. The fraction of sp³-hybridized carbons (Fsp3) is 0.667. The molecule has 0 heterocycles. The summed E-state index contributed by atoms with van der Waals surface area (Å²) < 4.78 is 26.5. The van der Waals surface area contributed by atoms with Crippen LogP contribution >= 0.6 is 19.6 Å². The van der Waals surface area contributed by atoms with Crippen LogP contribution in [0.5, 0.6) is 0 Å². The Labute approximate surface area is 359 Å². The van der Waals surface area contributed by atoms with Gasteiger partial charge in [0.25, 0.3) is 0 Å². The number of aliphatic hydroxyl groups is 1. The molecule has 0 aliphatic rings. The monoisotopic (exact) mass is 869 g/mol. The summed E-state index contributed by atoms with van der Waals surface area (Å²) in [5, 5.41) is 19.3. The number of carboxylic acid groups (broad SMARTS) is 1. The molecule has 0 saturated carbocycles. The fourth-order valence-corrected chi connectivity index (χ4v) is 7.04. The van der Waals surface area contributed by atoms with E-state index in [0.717, 1.165) is 64.2 Å². The number of nitrogens with two attached hydrogens (primary N) is 1. The van der Waals surface area contributed by atoms with Crippen LogP contribution in [-0.2, 0) is 32.9 Å². The summed E-state index contributed by atoms with van der Waals surface area (Å²) in [6, 6.07) is -1.15. The lowest BCUT2D eigenvalue weighted by Crippen LogP contribution is -2.38. The average molecular weight is 870 g/mol. The molecule has 12 nitrogen and oxygen atoms in total. The molecule has 0 aliphatic heterocycles. The van der Waals surface area contributed by atoms with Crippen LogP contribution < -0.4 is 5.73 Å². The number of carbonyl (C=O) groups excluding carboxylic acids is 2. The van der Waals surface area contributed by atoms with Crippen molar-refractivity contribution in [3.63, 3.8) is 0 Å². The van der Waals surface area contributed by atoms with E-state index in [1.54, 1.807) is 12.2 Å². The van der Waals surface area contributed by atoms with Crippen LogP contribution in [0, 0.1) is 0 Å². The third kappa shape index (κ3) is 39.1. The van der Waals surface area contributed by atoms with Gasteiger partial charge in [-0.05, 0) is 70.6 Å². The van der Waals surface area contributed by atoms with E-state index in [1.165, 1.54) is 50.3 Å². The van der Waals surface area contributed by atoms with Gasteiger partial charge >= 0.3 is 25.7 Å². The minimum Gasteiger partial charge on any atom is -0.481 e. The first kappa shape index (κ1) is 56.2. The normalized spacial score (nSPS) is 14.7. The smallest absolute Gasteiger partial charge is 0.469 e. The van der Waals surface area contributed by atoms with E-state index in [0.29, 0.717) is 6.42 Å². The largest absolute Gasteiger partial charge is 0.481 e. The maximum Gasteiger partial charge on any atom is 0.469 e. The Kier molecular flexibility index (Phi) is 37.5. The Bertz CT molecular complexity index is 1310. The molecular weight excluding hydrogens is 794 g/mol. The van der Waals surface area contributed by atoms with Crippen LogP contribution in [0.3, 0.4) is 0 Å². The van der Waals surface area contributed by atoms with Gasteiger partial charge < -0.3 is 35.2 Å². The van der Waals surface area contributed by atoms with Crippen LogP contribution in [0.1, 0.15) is 149 Å². The van der Waals surface area contributed by atoms with E-state index < -0.39 is 62.4 Å². The molecular formula is C45H76NO11PS. The lowest BCUT2D eigenvalue weighted by Gasteiger charge is -2.22. The van der Waals surface area contributed by atoms with Crippen molar-refractivity contribution < 1.29 is 52.9 Å². The van der Waals surface area contributed by atoms with E-state index >= 15 is 0 Å². The third-order valence-electron chi connectivity index (χ3n) is 8.94. The number of aliphatic carboxylic acids is 1. The van der Waals surface area contributed by atoms with Crippen molar-refractivity contribution in [1.29, 1.82) is 0 Å². The van der Waals surface area contributed by atoms with Crippen LogP contribution in [0.4, 0.5) is 0 Å². The highest BCUT2D eigenvalue weighted by atomic mass is 32.2. The molecule has 14 heteroatoms. The van der Waals surface area contributed by atoms with Crippen molar-refractivity contribution in [3.05, 3.63) is 72.9 Å². The second kappa shape index (κ2) is 39.4. The number of hydrogen-bond donors (Lipinski definition) is 5. The number of esters is 2. The molecule has 6 N–H and O–H groups in total. The Morgan fingerprint density at radius 3 is 1.85 bits per heavy atom. The van der Waals surface area contributed by atoms with Gasteiger partial charge in [0.15, 0.2) is 6.10 Å². The van der Waals surface area contributed by atoms with Gasteiger partial charge in [0, 0.05) is 23.8 Å². The average Bonchev–Trinajstić information content (AvgIpc) is 3.19. The maximum atomic E-state index is 12.8. The van der Waals surface area contributed by atoms with Gasteiger partial charge in [-0.1, -0.05) is 138 Å². The van der Waals surface area contributed by atoms with Crippen molar-refractivity contribution in [2.24, 2.45) is 5.73 Å². The van der Waals surface area contributed by atoms with E-state index in [1.807, 2.05) is 24.3 Å². The maximum absolute atomic E-state index is 12.8. The highest BCUT2D eigenvalue weighted by Crippen LogP contribution is 2.36. The first-order chi connectivity index (χ1) is 28.4. The number of carboxylic acids is 1. The number of phosphoric acid groups is 1. The quantitative estimate of drug-likeness (QED) is 0.0129. The molecule has 0 fully saturated rings. The van der Waals surface area contributed by atoms with Crippen molar-refractivity contribution in [3.8, 4) is 0 Å². The topological polar surface area (TPSA) is 203 Å².